The molecule has 3 N–H and O–H groups in total. The van der Waals surface area contributed by atoms with Crippen LogP contribution in [-0.4, -0.2) is 53.8 Å². The third-order valence-electron chi connectivity index (χ3n) is 4.27. The monoisotopic (exact) mass is 352 g/mol. The summed E-state index contributed by atoms with van der Waals surface area (Å²) in [6.45, 7) is 1.97. The molecule has 0 atom stereocenters. The van der Waals surface area contributed by atoms with Gasteiger partial charge in [-0.1, -0.05) is 18.2 Å². The van der Waals surface area contributed by atoms with Gasteiger partial charge in [0.2, 0.25) is 0 Å². The summed E-state index contributed by atoms with van der Waals surface area (Å²) < 4.78 is 0. The fraction of sp³-hybridized carbons (Fsp3) is 0.211. The third-order valence-corrected chi connectivity index (χ3v) is 4.27. The molecule has 2 aromatic rings. The zero-order chi connectivity index (χ0) is 18.5. The SMILES string of the molecule is NC(=O)Nc1ccc(C(=O)N2CCN(C(=O)c3ccccc3)CC2)cc1. The van der Waals surface area contributed by atoms with Crippen LogP contribution >= 0.6 is 0 Å². The van der Waals surface area contributed by atoms with Gasteiger partial charge in [-0.2, -0.15) is 0 Å². The number of piperazine rings is 1. The van der Waals surface area contributed by atoms with Gasteiger partial charge >= 0.3 is 6.03 Å². The summed E-state index contributed by atoms with van der Waals surface area (Å²) in [7, 11) is 0. The lowest BCUT2D eigenvalue weighted by molar-refractivity contribution is 0.0535. The molecule has 3 rings (SSSR count). The summed E-state index contributed by atoms with van der Waals surface area (Å²) in [6, 6.07) is 15.0. The highest BCUT2D eigenvalue weighted by Gasteiger charge is 2.25. The summed E-state index contributed by atoms with van der Waals surface area (Å²) in [5.74, 6) is -0.109. The number of rotatable bonds is 3. The van der Waals surface area contributed by atoms with Crippen molar-refractivity contribution in [2.24, 2.45) is 5.73 Å². The summed E-state index contributed by atoms with van der Waals surface area (Å²) in [5.41, 5.74) is 6.78. The molecule has 0 aliphatic carbocycles. The van der Waals surface area contributed by atoms with Crippen LogP contribution in [0, 0.1) is 0 Å². The Labute approximate surface area is 151 Å². The number of nitrogens with two attached hydrogens (primary N) is 1. The maximum atomic E-state index is 12.6. The Hall–Kier alpha value is -3.35. The molecule has 1 heterocycles. The molecule has 1 aliphatic heterocycles. The van der Waals surface area contributed by atoms with Crippen LogP contribution in [0.3, 0.4) is 0 Å². The van der Waals surface area contributed by atoms with Crippen molar-refractivity contribution < 1.29 is 14.4 Å². The van der Waals surface area contributed by atoms with E-state index in [0.29, 0.717) is 43.0 Å². The smallest absolute Gasteiger partial charge is 0.316 e. The molecule has 134 valence electrons. The van der Waals surface area contributed by atoms with Crippen LogP contribution in [-0.2, 0) is 0 Å². The number of hydrogen-bond acceptors (Lipinski definition) is 3. The van der Waals surface area contributed by atoms with E-state index in [1.54, 1.807) is 46.2 Å². The first-order valence-electron chi connectivity index (χ1n) is 8.35. The molecular weight excluding hydrogens is 332 g/mol. The van der Waals surface area contributed by atoms with Crippen molar-refractivity contribution >= 4 is 23.5 Å². The summed E-state index contributed by atoms with van der Waals surface area (Å²) >= 11 is 0. The number of urea groups is 1. The van der Waals surface area contributed by atoms with Gasteiger partial charge < -0.3 is 20.9 Å². The number of anilines is 1. The Morgan fingerprint density at radius 3 is 1.65 bits per heavy atom. The zero-order valence-electron chi connectivity index (χ0n) is 14.2. The minimum Gasteiger partial charge on any atom is -0.351 e. The van der Waals surface area contributed by atoms with E-state index >= 15 is 0 Å². The van der Waals surface area contributed by atoms with E-state index in [9.17, 15) is 14.4 Å². The van der Waals surface area contributed by atoms with Crippen molar-refractivity contribution in [1.29, 1.82) is 0 Å². The molecule has 7 heteroatoms. The second kappa shape index (κ2) is 7.69. The minimum absolute atomic E-state index is 0.0143. The number of nitrogens with zero attached hydrogens (tertiary/aromatic N) is 2. The normalized spacial score (nSPS) is 14.0. The van der Waals surface area contributed by atoms with Gasteiger partial charge in [0.25, 0.3) is 11.8 Å². The molecule has 0 bridgehead atoms. The van der Waals surface area contributed by atoms with Crippen LogP contribution in [0.25, 0.3) is 0 Å². The Kier molecular flexibility index (Phi) is 5.17. The van der Waals surface area contributed by atoms with E-state index in [1.165, 1.54) is 0 Å². The van der Waals surface area contributed by atoms with Crippen LogP contribution in [0.2, 0.25) is 0 Å². The topological polar surface area (TPSA) is 95.7 Å². The maximum absolute atomic E-state index is 12.6. The molecule has 0 aromatic heterocycles. The minimum atomic E-state index is -0.650. The average molecular weight is 352 g/mol. The number of carbonyl (C=O) groups is 3. The van der Waals surface area contributed by atoms with E-state index in [2.05, 4.69) is 5.32 Å². The van der Waals surface area contributed by atoms with Gasteiger partial charge in [0, 0.05) is 43.0 Å². The molecular formula is C19H20N4O3. The van der Waals surface area contributed by atoms with Crippen molar-refractivity contribution in [3.8, 4) is 0 Å². The average Bonchev–Trinajstić information content (AvgIpc) is 2.68. The lowest BCUT2D eigenvalue weighted by atomic mass is 10.1. The number of nitrogens with one attached hydrogen (secondary N) is 1. The summed E-state index contributed by atoms with van der Waals surface area (Å²) in [4.78, 5) is 39.4. The molecule has 0 radical (unpaired) electrons. The number of benzene rings is 2. The number of amides is 4. The molecule has 7 nitrogen and oxygen atoms in total. The second-order valence-electron chi connectivity index (χ2n) is 6.02. The fourth-order valence-electron chi connectivity index (χ4n) is 2.90. The van der Waals surface area contributed by atoms with Crippen molar-refractivity contribution in [2.75, 3.05) is 31.5 Å². The number of primary amides is 1. The fourth-order valence-corrected chi connectivity index (χ4v) is 2.90. The van der Waals surface area contributed by atoms with Crippen LogP contribution < -0.4 is 11.1 Å². The Bertz CT molecular complexity index is 797. The standard InChI is InChI=1S/C19H20N4O3/c20-19(26)21-16-8-6-15(7-9-16)18(25)23-12-10-22(11-13-23)17(24)14-4-2-1-3-5-14/h1-9H,10-13H2,(H3,20,21,26). The molecule has 0 unspecified atom stereocenters. The van der Waals surface area contributed by atoms with Gasteiger partial charge in [-0.05, 0) is 36.4 Å². The Morgan fingerprint density at radius 1 is 0.731 bits per heavy atom. The predicted molar refractivity (Wildman–Crippen MR) is 97.9 cm³/mol. The van der Waals surface area contributed by atoms with Crippen LogP contribution in [0.1, 0.15) is 20.7 Å². The first-order valence-corrected chi connectivity index (χ1v) is 8.35. The highest BCUT2D eigenvalue weighted by molar-refractivity contribution is 5.96. The third kappa shape index (κ3) is 4.00. The highest BCUT2D eigenvalue weighted by Crippen LogP contribution is 2.14. The Morgan fingerprint density at radius 2 is 1.19 bits per heavy atom. The van der Waals surface area contributed by atoms with Gasteiger partial charge in [-0.3, -0.25) is 9.59 Å². The summed E-state index contributed by atoms with van der Waals surface area (Å²) in [5, 5.41) is 2.45. The van der Waals surface area contributed by atoms with E-state index in [0.717, 1.165) is 0 Å². The zero-order valence-corrected chi connectivity index (χ0v) is 14.2. The van der Waals surface area contributed by atoms with Gasteiger partial charge in [-0.25, -0.2) is 4.79 Å². The number of hydrogen-bond donors (Lipinski definition) is 2. The van der Waals surface area contributed by atoms with Gasteiger partial charge in [0.1, 0.15) is 0 Å². The number of carbonyl (C=O) groups excluding carboxylic acids is 3. The lowest BCUT2D eigenvalue weighted by Gasteiger charge is -2.35. The first kappa shape index (κ1) is 17.5. The molecule has 0 saturated carbocycles. The van der Waals surface area contributed by atoms with E-state index in [-0.39, 0.29) is 11.8 Å². The maximum Gasteiger partial charge on any atom is 0.316 e. The van der Waals surface area contributed by atoms with Crippen LogP contribution in [0.15, 0.2) is 54.6 Å². The molecule has 4 amide bonds. The van der Waals surface area contributed by atoms with E-state index in [1.807, 2.05) is 18.2 Å². The van der Waals surface area contributed by atoms with Gasteiger partial charge in [0.05, 0.1) is 0 Å². The molecule has 1 aliphatic rings. The van der Waals surface area contributed by atoms with E-state index in [4.69, 9.17) is 5.73 Å². The van der Waals surface area contributed by atoms with Crippen molar-refractivity contribution in [3.63, 3.8) is 0 Å². The predicted octanol–water partition coefficient (Wildman–Crippen LogP) is 1.78. The molecule has 1 fully saturated rings. The largest absolute Gasteiger partial charge is 0.351 e. The van der Waals surface area contributed by atoms with E-state index < -0.39 is 6.03 Å². The van der Waals surface area contributed by atoms with Gasteiger partial charge in [-0.15, -0.1) is 0 Å². The molecule has 2 aromatic carbocycles. The quantitative estimate of drug-likeness (QED) is 0.881. The molecule has 0 spiro atoms. The van der Waals surface area contributed by atoms with Crippen molar-refractivity contribution in [2.45, 2.75) is 0 Å². The van der Waals surface area contributed by atoms with Crippen molar-refractivity contribution in [3.05, 3.63) is 65.7 Å². The first-order chi connectivity index (χ1) is 12.5. The van der Waals surface area contributed by atoms with Crippen LogP contribution in [0.5, 0.6) is 0 Å². The Balaban J connectivity index is 1.58. The highest BCUT2D eigenvalue weighted by atomic mass is 16.2. The van der Waals surface area contributed by atoms with Crippen LogP contribution in [0.4, 0.5) is 10.5 Å². The van der Waals surface area contributed by atoms with Crippen molar-refractivity contribution in [1.82, 2.24) is 9.80 Å². The summed E-state index contributed by atoms with van der Waals surface area (Å²) in [6.07, 6.45) is 0. The lowest BCUT2D eigenvalue weighted by Crippen LogP contribution is -2.50. The molecule has 1 saturated heterocycles. The molecule has 26 heavy (non-hydrogen) atoms. The van der Waals surface area contributed by atoms with Gasteiger partial charge in [0.15, 0.2) is 0 Å². The second-order valence-corrected chi connectivity index (χ2v) is 6.02.